The average molecular weight is 357 g/mol. The quantitative estimate of drug-likeness (QED) is 0.821. The summed E-state index contributed by atoms with van der Waals surface area (Å²) < 4.78 is 7.46. The molecule has 1 aliphatic rings. The molecular weight excluding hydrogens is 330 g/mol. The smallest absolute Gasteiger partial charge is 0.223 e. The van der Waals surface area contributed by atoms with E-state index in [2.05, 4.69) is 31.1 Å². The van der Waals surface area contributed by atoms with Crippen molar-refractivity contribution in [3.8, 4) is 0 Å². The Kier molecular flexibility index (Phi) is 6.22. The molecule has 0 saturated heterocycles. The summed E-state index contributed by atoms with van der Waals surface area (Å²) in [5.41, 5.74) is 0. The van der Waals surface area contributed by atoms with Crippen LogP contribution in [0.5, 0.6) is 0 Å². The van der Waals surface area contributed by atoms with Gasteiger partial charge in [-0.1, -0.05) is 19.9 Å². The van der Waals surface area contributed by atoms with Gasteiger partial charge in [0.05, 0.1) is 12.8 Å². The fraction of sp³-hybridized carbons (Fsp3) is 0.526. The maximum Gasteiger partial charge on any atom is 0.223 e. The van der Waals surface area contributed by atoms with E-state index in [0.29, 0.717) is 6.54 Å². The molecule has 1 atom stereocenters. The van der Waals surface area contributed by atoms with Crippen molar-refractivity contribution in [1.29, 1.82) is 0 Å². The van der Waals surface area contributed by atoms with Crippen LogP contribution in [0.3, 0.4) is 0 Å². The second kappa shape index (κ2) is 8.80. The van der Waals surface area contributed by atoms with Crippen LogP contribution in [0, 0.1) is 5.92 Å². The third-order valence-electron chi connectivity index (χ3n) is 4.87. The first kappa shape index (κ1) is 18.4. The molecule has 0 spiro atoms. The van der Waals surface area contributed by atoms with Gasteiger partial charge in [-0.2, -0.15) is 0 Å². The molecule has 2 aromatic heterocycles. The van der Waals surface area contributed by atoms with Gasteiger partial charge in [0.2, 0.25) is 5.91 Å². The van der Waals surface area contributed by atoms with Crippen molar-refractivity contribution in [2.45, 2.75) is 39.8 Å². The van der Waals surface area contributed by atoms with Crippen LogP contribution in [-0.2, 0) is 24.3 Å². The highest BCUT2D eigenvalue weighted by Gasteiger charge is 2.19. The molecular formula is C19H27N5O2. The van der Waals surface area contributed by atoms with Crippen LogP contribution in [0.2, 0.25) is 0 Å². The minimum absolute atomic E-state index is 0.0259. The predicted octanol–water partition coefficient (Wildman–Crippen LogP) is 2.10. The maximum atomic E-state index is 12.0. The fourth-order valence-electron chi connectivity index (χ4n) is 2.97. The van der Waals surface area contributed by atoms with Crippen molar-refractivity contribution in [2.75, 3.05) is 19.6 Å². The second-order valence-electron chi connectivity index (χ2n) is 6.68. The summed E-state index contributed by atoms with van der Waals surface area (Å²) in [6.07, 6.45) is 7.50. The van der Waals surface area contributed by atoms with Crippen molar-refractivity contribution >= 4 is 12.0 Å². The normalized spacial score (nSPS) is 16.4. The maximum absolute atomic E-state index is 12.0. The van der Waals surface area contributed by atoms with Crippen LogP contribution >= 0.6 is 0 Å². The molecule has 7 heteroatoms. The number of aromatic nitrogens is 3. The lowest BCUT2D eigenvalue weighted by atomic mass is 10.1. The van der Waals surface area contributed by atoms with Crippen molar-refractivity contribution in [1.82, 2.24) is 25.0 Å². The van der Waals surface area contributed by atoms with Crippen LogP contribution in [0.15, 0.2) is 28.9 Å². The fourth-order valence-corrected chi connectivity index (χ4v) is 2.97. The Balaban J connectivity index is 1.53. The van der Waals surface area contributed by atoms with Gasteiger partial charge in [-0.05, 0) is 24.6 Å². The van der Waals surface area contributed by atoms with Gasteiger partial charge in [-0.3, -0.25) is 9.69 Å². The highest BCUT2D eigenvalue weighted by atomic mass is 16.3. The Morgan fingerprint density at radius 1 is 1.38 bits per heavy atom. The van der Waals surface area contributed by atoms with Gasteiger partial charge >= 0.3 is 0 Å². The summed E-state index contributed by atoms with van der Waals surface area (Å²) in [6.45, 7) is 7.98. The van der Waals surface area contributed by atoms with E-state index in [4.69, 9.17) is 4.42 Å². The van der Waals surface area contributed by atoms with E-state index < -0.39 is 0 Å². The van der Waals surface area contributed by atoms with E-state index in [1.54, 1.807) is 6.26 Å². The first-order valence-electron chi connectivity index (χ1n) is 9.28. The molecule has 3 rings (SSSR count). The second-order valence-corrected chi connectivity index (χ2v) is 6.68. The summed E-state index contributed by atoms with van der Waals surface area (Å²) in [5, 5.41) is 11.6. The van der Waals surface area contributed by atoms with Gasteiger partial charge in [0.25, 0.3) is 0 Å². The molecule has 0 fully saturated rings. The Labute approximate surface area is 154 Å². The van der Waals surface area contributed by atoms with E-state index in [0.717, 1.165) is 56.4 Å². The molecule has 0 aliphatic carbocycles. The molecule has 1 aliphatic heterocycles. The predicted molar refractivity (Wildman–Crippen MR) is 99.2 cm³/mol. The first-order chi connectivity index (χ1) is 12.7. The molecule has 3 heterocycles. The molecule has 0 bridgehead atoms. The van der Waals surface area contributed by atoms with E-state index in [1.807, 2.05) is 32.1 Å². The number of hydrogen-bond acceptors (Lipinski definition) is 5. The van der Waals surface area contributed by atoms with E-state index >= 15 is 0 Å². The van der Waals surface area contributed by atoms with Gasteiger partial charge in [0.15, 0.2) is 5.82 Å². The topological polar surface area (TPSA) is 76.2 Å². The largest absolute Gasteiger partial charge is 0.465 e. The van der Waals surface area contributed by atoms with Crippen LogP contribution in [0.25, 0.3) is 6.08 Å². The number of nitrogens with one attached hydrogen (secondary N) is 1. The standard InChI is InChI=1S/C19H27N5O2/c1-3-15(2)19(25)20-14-18-22-21-17-8-10-23(11-12-24(17)18)9-4-6-16-7-5-13-26-16/h4-7,13,15H,3,8-12,14H2,1-2H3,(H,20,25)/b6-4+. The summed E-state index contributed by atoms with van der Waals surface area (Å²) in [6, 6.07) is 3.83. The van der Waals surface area contributed by atoms with E-state index in [-0.39, 0.29) is 11.8 Å². The molecule has 140 valence electrons. The molecule has 2 aromatic rings. The van der Waals surface area contributed by atoms with E-state index in [9.17, 15) is 4.79 Å². The number of amides is 1. The number of hydrogen-bond donors (Lipinski definition) is 1. The highest BCUT2D eigenvalue weighted by molar-refractivity contribution is 5.78. The lowest BCUT2D eigenvalue weighted by Crippen LogP contribution is -2.30. The van der Waals surface area contributed by atoms with Crippen molar-refractivity contribution in [3.05, 3.63) is 41.9 Å². The third-order valence-corrected chi connectivity index (χ3v) is 4.87. The SMILES string of the molecule is CCC(C)C(=O)NCc1nnc2n1CCN(C/C=C/c1ccco1)CC2. The van der Waals surface area contributed by atoms with Gasteiger partial charge in [0, 0.05) is 38.5 Å². The molecule has 1 amide bonds. The Bertz CT molecular complexity index is 735. The van der Waals surface area contributed by atoms with Crippen molar-refractivity contribution < 1.29 is 9.21 Å². The molecule has 26 heavy (non-hydrogen) atoms. The minimum atomic E-state index is 0.0259. The summed E-state index contributed by atoms with van der Waals surface area (Å²) in [5.74, 6) is 2.80. The van der Waals surface area contributed by atoms with Crippen molar-refractivity contribution in [3.63, 3.8) is 0 Å². The summed E-state index contributed by atoms with van der Waals surface area (Å²) >= 11 is 0. The van der Waals surface area contributed by atoms with Crippen LogP contribution in [0.1, 0.15) is 37.7 Å². The molecule has 7 nitrogen and oxygen atoms in total. The number of nitrogens with zero attached hydrogens (tertiary/aromatic N) is 4. The number of rotatable bonds is 7. The number of fused-ring (bicyclic) bond motifs is 1. The molecule has 0 radical (unpaired) electrons. The lowest BCUT2D eigenvalue weighted by molar-refractivity contribution is -0.124. The third kappa shape index (κ3) is 4.60. The zero-order valence-corrected chi connectivity index (χ0v) is 15.5. The number of carbonyl (C=O) groups is 1. The monoisotopic (exact) mass is 357 g/mol. The number of furan rings is 1. The first-order valence-corrected chi connectivity index (χ1v) is 9.28. The Hall–Kier alpha value is -2.41. The van der Waals surface area contributed by atoms with Gasteiger partial charge in [-0.25, -0.2) is 0 Å². The van der Waals surface area contributed by atoms with Crippen LogP contribution < -0.4 is 5.32 Å². The lowest BCUT2D eigenvalue weighted by Gasteiger charge is -2.17. The van der Waals surface area contributed by atoms with Gasteiger partial charge < -0.3 is 14.3 Å². The molecule has 0 aromatic carbocycles. The van der Waals surface area contributed by atoms with Gasteiger partial charge in [0.1, 0.15) is 11.6 Å². The van der Waals surface area contributed by atoms with Crippen LogP contribution in [0.4, 0.5) is 0 Å². The van der Waals surface area contributed by atoms with E-state index in [1.165, 1.54) is 0 Å². The average Bonchev–Trinajstić information content (AvgIpc) is 3.26. The zero-order valence-electron chi connectivity index (χ0n) is 15.5. The van der Waals surface area contributed by atoms with Crippen molar-refractivity contribution in [2.24, 2.45) is 5.92 Å². The molecule has 1 N–H and O–H groups in total. The zero-order chi connectivity index (χ0) is 18.4. The Morgan fingerprint density at radius 3 is 3.04 bits per heavy atom. The summed E-state index contributed by atoms with van der Waals surface area (Å²) in [7, 11) is 0. The minimum Gasteiger partial charge on any atom is -0.465 e. The van der Waals surface area contributed by atoms with Gasteiger partial charge in [-0.15, -0.1) is 10.2 Å². The Morgan fingerprint density at radius 2 is 2.27 bits per heavy atom. The summed E-state index contributed by atoms with van der Waals surface area (Å²) in [4.78, 5) is 14.4. The van der Waals surface area contributed by atoms with Crippen LogP contribution in [-0.4, -0.2) is 45.2 Å². The molecule has 1 unspecified atom stereocenters. The molecule has 0 saturated carbocycles. The number of carbonyl (C=O) groups excluding carboxylic acids is 1. The highest BCUT2D eigenvalue weighted by Crippen LogP contribution is 2.11.